The molecule has 2 aromatic rings. The fraction of sp³-hybridized carbons (Fsp3) is 0.350. The van der Waals surface area contributed by atoms with E-state index in [1.54, 1.807) is 7.11 Å². The van der Waals surface area contributed by atoms with Gasteiger partial charge in [0.25, 0.3) is 0 Å². The summed E-state index contributed by atoms with van der Waals surface area (Å²) in [7, 11) is 1.63. The first kappa shape index (κ1) is 18.2. The highest BCUT2D eigenvalue weighted by molar-refractivity contribution is 5.80. The van der Waals surface area contributed by atoms with Crippen LogP contribution in [-0.4, -0.2) is 25.7 Å². The highest BCUT2D eigenvalue weighted by Gasteiger charge is 2.42. The summed E-state index contributed by atoms with van der Waals surface area (Å²) in [5.74, 6) is 0.277. The van der Waals surface area contributed by atoms with Crippen LogP contribution in [-0.2, 0) is 6.54 Å². The van der Waals surface area contributed by atoms with Crippen LogP contribution in [0.25, 0.3) is 0 Å². The molecule has 0 aromatic heterocycles. The Labute approximate surface area is 152 Å². The number of nitrogens with zero attached hydrogens (tertiary/aromatic N) is 1. The number of halogens is 2. The number of guanidine groups is 1. The monoisotopic (exact) mass is 359 g/mol. The van der Waals surface area contributed by atoms with Crippen molar-refractivity contribution in [2.75, 3.05) is 13.7 Å². The summed E-state index contributed by atoms with van der Waals surface area (Å²) in [6, 6.07) is 11.7. The van der Waals surface area contributed by atoms with Crippen LogP contribution in [0.3, 0.4) is 0 Å². The number of methoxy groups -OCH3 is 1. The second-order valence-corrected chi connectivity index (χ2v) is 6.28. The molecule has 1 saturated carbocycles. The number of ether oxygens (including phenoxy) is 1. The van der Waals surface area contributed by atoms with E-state index in [9.17, 15) is 8.78 Å². The molecule has 0 amide bonds. The molecular formula is C20H23F2N3O. The zero-order valence-electron chi connectivity index (χ0n) is 14.9. The smallest absolute Gasteiger partial charge is 0.191 e. The van der Waals surface area contributed by atoms with Gasteiger partial charge in [-0.05, 0) is 43.2 Å². The minimum atomic E-state index is -0.488. The van der Waals surface area contributed by atoms with Crippen LogP contribution in [0, 0.1) is 11.6 Å². The van der Waals surface area contributed by atoms with E-state index in [1.165, 1.54) is 18.2 Å². The Hall–Kier alpha value is -2.63. The molecule has 2 atom stereocenters. The Bertz CT molecular complexity index is 774. The van der Waals surface area contributed by atoms with Crippen molar-refractivity contribution in [1.82, 2.24) is 10.6 Å². The van der Waals surface area contributed by atoms with Crippen molar-refractivity contribution in [2.24, 2.45) is 4.99 Å². The summed E-state index contributed by atoms with van der Waals surface area (Å²) < 4.78 is 33.0. The van der Waals surface area contributed by atoms with Gasteiger partial charge in [0.05, 0.1) is 13.7 Å². The van der Waals surface area contributed by atoms with Crippen molar-refractivity contribution in [3.63, 3.8) is 0 Å². The van der Waals surface area contributed by atoms with Gasteiger partial charge >= 0.3 is 0 Å². The maximum absolute atomic E-state index is 13.9. The van der Waals surface area contributed by atoms with E-state index in [4.69, 9.17) is 4.74 Å². The molecular weight excluding hydrogens is 336 g/mol. The normalized spacial score (nSPS) is 19.2. The molecule has 2 aromatic carbocycles. The minimum Gasteiger partial charge on any atom is -0.497 e. The summed E-state index contributed by atoms with van der Waals surface area (Å²) >= 11 is 0. The van der Waals surface area contributed by atoms with Crippen LogP contribution in [0.1, 0.15) is 30.4 Å². The van der Waals surface area contributed by atoms with E-state index in [0.29, 0.717) is 25.5 Å². The summed E-state index contributed by atoms with van der Waals surface area (Å²) in [5.41, 5.74) is 1.18. The Kier molecular flexibility index (Phi) is 5.71. The van der Waals surface area contributed by atoms with Gasteiger partial charge in [-0.1, -0.05) is 18.2 Å². The molecule has 0 heterocycles. The molecule has 0 aliphatic heterocycles. The van der Waals surface area contributed by atoms with Crippen LogP contribution in [0.4, 0.5) is 8.78 Å². The Morgan fingerprint density at radius 3 is 2.62 bits per heavy atom. The number of hydrogen-bond acceptors (Lipinski definition) is 2. The first-order valence-corrected chi connectivity index (χ1v) is 8.74. The SMILES string of the molecule is CCNC(=NCc1cccc(OC)c1)NC1CC1c1c(F)cccc1F. The third-order valence-corrected chi connectivity index (χ3v) is 4.38. The lowest BCUT2D eigenvalue weighted by atomic mass is 10.1. The van der Waals surface area contributed by atoms with Gasteiger partial charge in [-0.15, -0.1) is 0 Å². The molecule has 0 spiro atoms. The van der Waals surface area contributed by atoms with Gasteiger partial charge in [0.2, 0.25) is 0 Å². The number of nitrogens with one attached hydrogen (secondary N) is 2. The third-order valence-electron chi connectivity index (χ3n) is 4.38. The summed E-state index contributed by atoms with van der Waals surface area (Å²) in [5, 5.41) is 6.44. The largest absolute Gasteiger partial charge is 0.497 e. The summed E-state index contributed by atoms with van der Waals surface area (Å²) in [6.45, 7) is 3.16. The first-order chi connectivity index (χ1) is 12.6. The van der Waals surface area contributed by atoms with Gasteiger partial charge in [-0.25, -0.2) is 13.8 Å². The van der Waals surface area contributed by atoms with Crippen molar-refractivity contribution in [3.8, 4) is 5.75 Å². The average Bonchev–Trinajstić information content (AvgIpc) is 3.38. The first-order valence-electron chi connectivity index (χ1n) is 8.74. The molecule has 1 fully saturated rings. The highest BCUT2D eigenvalue weighted by Crippen LogP contribution is 2.43. The van der Waals surface area contributed by atoms with Crippen molar-refractivity contribution >= 4 is 5.96 Å². The lowest BCUT2D eigenvalue weighted by molar-refractivity contribution is 0.414. The molecule has 6 heteroatoms. The van der Waals surface area contributed by atoms with Crippen LogP contribution >= 0.6 is 0 Å². The predicted molar refractivity (Wildman–Crippen MR) is 98.4 cm³/mol. The van der Waals surface area contributed by atoms with E-state index in [2.05, 4.69) is 15.6 Å². The van der Waals surface area contributed by atoms with Crippen molar-refractivity contribution in [2.45, 2.75) is 31.8 Å². The maximum atomic E-state index is 13.9. The predicted octanol–water partition coefficient (Wildman–Crippen LogP) is 3.58. The topological polar surface area (TPSA) is 45.7 Å². The number of benzene rings is 2. The lowest BCUT2D eigenvalue weighted by Crippen LogP contribution is -2.39. The van der Waals surface area contributed by atoms with E-state index in [-0.39, 0.29) is 17.5 Å². The fourth-order valence-electron chi connectivity index (χ4n) is 2.98. The maximum Gasteiger partial charge on any atom is 0.191 e. The molecule has 138 valence electrons. The molecule has 0 bridgehead atoms. The third kappa shape index (κ3) is 4.31. The Morgan fingerprint density at radius 1 is 1.19 bits per heavy atom. The lowest BCUT2D eigenvalue weighted by Gasteiger charge is -2.12. The fourth-order valence-corrected chi connectivity index (χ4v) is 2.98. The highest BCUT2D eigenvalue weighted by atomic mass is 19.1. The second kappa shape index (κ2) is 8.17. The molecule has 4 nitrogen and oxygen atoms in total. The van der Waals surface area contributed by atoms with Gasteiger partial charge in [0, 0.05) is 24.1 Å². The van der Waals surface area contributed by atoms with E-state index < -0.39 is 11.6 Å². The Balaban J connectivity index is 1.66. The molecule has 2 N–H and O–H groups in total. The second-order valence-electron chi connectivity index (χ2n) is 6.28. The van der Waals surface area contributed by atoms with Gasteiger partial charge in [-0.3, -0.25) is 0 Å². The molecule has 0 radical (unpaired) electrons. The summed E-state index contributed by atoms with van der Waals surface area (Å²) in [6.07, 6.45) is 0.682. The zero-order valence-corrected chi connectivity index (χ0v) is 14.9. The van der Waals surface area contributed by atoms with E-state index in [1.807, 2.05) is 31.2 Å². The molecule has 0 saturated heterocycles. The quantitative estimate of drug-likeness (QED) is 0.612. The Morgan fingerprint density at radius 2 is 1.92 bits per heavy atom. The van der Waals surface area contributed by atoms with Gasteiger partial charge < -0.3 is 15.4 Å². The van der Waals surface area contributed by atoms with Crippen LogP contribution < -0.4 is 15.4 Å². The summed E-state index contributed by atoms with van der Waals surface area (Å²) in [4.78, 5) is 4.56. The molecule has 26 heavy (non-hydrogen) atoms. The van der Waals surface area contributed by atoms with E-state index >= 15 is 0 Å². The number of rotatable bonds is 6. The van der Waals surface area contributed by atoms with Crippen LogP contribution in [0.2, 0.25) is 0 Å². The van der Waals surface area contributed by atoms with Crippen molar-refractivity contribution < 1.29 is 13.5 Å². The zero-order chi connectivity index (χ0) is 18.5. The van der Waals surface area contributed by atoms with Crippen LogP contribution in [0.5, 0.6) is 5.75 Å². The molecule has 1 aliphatic rings. The van der Waals surface area contributed by atoms with Gasteiger partial charge in [0.1, 0.15) is 17.4 Å². The average molecular weight is 359 g/mol. The van der Waals surface area contributed by atoms with Gasteiger partial charge in [0.15, 0.2) is 5.96 Å². The van der Waals surface area contributed by atoms with E-state index in [0.717, 1.165) is 11.3 Å². The minimum absolute atomic E-state index is 0.0236. The van der Waals surface area contributed by atoms with Crippen molar-refractivity contribution in [3.05, 3.63) is 65.2 Å². The molecule has 3 rings (SSSR count). The van der Waals surface area contributed by atoms with Crippen LogP contribution in [0.15, 0.2) is 47.5 Å². The molecule has 2 unspecified atom stereocenters. The number of aliphatic imine (C=N–C) groups is 1. The molecule has 1 aliphatic carbocycles. The standard InChI is InChI=1S/C20H23F2N3O/c1-3-23-20(24-12-13-6-4-7-14(10-13)26-2)25-18-11-15(18)19-16(21)8-5-9-17(19)22/h4-10,15,18H,3,11-12H2,1-2H3,(H2,23,24,25). The van der Waals surface area contributed by atoms with Gasteiger partial charge in [-0.2, -0.15) is 0 Å². The number of hydrogen-bond donors (Lipinski definition) is 2. The van der Waals surface area contributed by atoms with Crippen molar-refractivity contribution in [1.29, 1.82) is 0 Å².